The van der Waals surface area contributed by atoms with Crippen molar-refractivity contribution < 1.29 is 9.59 Å². The molecule has 0 spiro atoms. The Bertz CT molecular complexity index is 1100. The van der Waals surface area contributed by atoms with E-state index in [0.29, 0.717) is 17.7 Å². The van der Waals surface area contributed by atoms with Crippen molar-refractivity contribution in [1.29, 1.82) is 0 Å². The number of nitrogens with zero attached hydrogens (tertiary/aromatic N) is 1. The third-order valence-corrected chi connectivity index (χ3v) is 5.64. The summed E-state index contributed by atoms with van der Waals surface area (Å²) in [6.45, 7) is 6.76. The van der Waals surface area contributed by atoms with Gasteiger partial charge in [-0.05, 0) is 80.6 Å². The highest BCUT2D eigenvalue weighted by atomic mass is 16.2. The zero-order valence-corrected chi connectivity index (χ0v) is 17.7. The van der Waals surface area contributed by atoms with E-state index < -0.39 is 0 Å². The zero-order chi connectivity index (χ0) is 21.3. The molecule has 152 valence electrons. The molecule has 0 aromatic heterocycles. The molecule has 4 rings (SSSR count). The van der Waals surface area contributed by atoms with Gasteiger partial charge in [0, 0.05) is 29.0 Å². The lowest BCUT2D eigenvalue weighted by molar-refractivity contribution is 0.0984. The minimum atomic E-state index is -0.126. The molecule has 0 radical (unpaired) electrons. The van der Waals surface area contributed by atoms with E-state index in [0.717, 1.165) is 40.9 Å². The topological polar surface area (TPSA) is 49.4 Å². The number of nitrogens with one attached hydrogen (secondary N) is 1. The Balaban J connectivity index is 1.60. The summed E-state index contributed by atoms with van der Waals surface area (Å²) in [5, 5.41) is 3.07. The molecule has 0 bridgehead atoms. The average molecular weight is 399 g/mol. The number of rotatable bonds is 3. The van der Waals surface area contributed by atoms with Crippen LogP contribution in [0, 0.1) is 20.8 Å². The Kier molecular flexibility index (Phi) is 5.40. The smallest absolute Gasteiger partial charge is 0.258 e. The highest BCUT2D eigenvalue weighted by molar-refractivity contribution is 6.08. The SMILES string of the molecule is Cc1cc(C)c(NC(=O)c2ccc3c(c2)CCCN3C(=O)c2ccccc2)c(C)c1. The zero-order valence-electron chi connectivity index (χ0n) is 17.7. The molecule has 0 fully saturated rings. The number of carbonyl (C=O) groups excluding carboxylic acids is 2. The highest BCUT2D eigenvalue weighted by Crippen LogP contribution is 2.30. The van der Waals surface area contributed by atoms with Crippen molar-refractivity contribution in [2.75, 3.05) is 16.8 Å². The van der Waals surface area contributed by atoms with Gasteiger partial charge in [0.05, 0.1) is 0 Å². The van der Waals surface area contributed by atoms with Gasteiger partial charge >= 0.3 is 0 Å². The quantitative estimate of drug-likeness (QED) is 0.637. The summed E-state index contributed by atoms with van der Waals surface area (Å²) in [6, 6.07) is 19.1. The summed E-state index contributed by atoms with van der Waals surface area (Å²) in [5.74, 6) is -0.126. The van der Waals surface area contributed by atoms with E-state index in [-0.39, 0.29) is 11.8 Å². The number of aryl methyl sites for hydroxylation is 4. The van der Waals surface area contributed by atoms with Gasteiger partial charge in [0.1, 0.15) is 0 Å². The first-order valence-electron chi connectivity index (χ1n) is 10.3. The van der Waals surface area contributed by atoms with Gasteiger partial charge in [-0.15, -0.1) is 0 Å². The van der Waals surface area contributed by atoms with Gasteiger partial charge in [-0.2, -0.15) is 0 Å². The van der Waals surface area contributed by atoms with Crippen molar-refractivity contribution in [3.63, 3.8) is 0 Å². The van der Waals surface area contributed by atoms with E-state index >= 15 is 0 Å². The molecule has 2 amide bonds. The average Bonchev–Trinajstić information content (AvgIpc) is 2.75. The third kappa shape index (κ3) is 3.86. The molecule has 0 saturated carbocycles. The molecule has 0 aliphatic carbocycles. The van der Waals surface area contributed by atoms with Crippen LogP contribution in [-0.4, -0.2) is 18.4 Å². The maximum absolute atomic E-state index is 13.0. The van der Waals surface area contributed by atoms with Gasteiger partial charge in [-0.1, -0.05) is 35.9 Å². The largest absolute Gasteiger partial charge is 0.322 e. The molecule has 0 atom stereocenters. The summed E-state index contributed by atoms with van der Waals surface area (Å²) in [7, 11) is 0. The molecule has 4 nitrogen and oxygen atoms in total. The third-order valence-electron chi connectivity index (χ3n) is 5.64. The van der Waals surface area contributed by atoms with Crippen LogP contribution in [0.15, 0.2) is 60.7 Å². The number of amides is 2. The summed E-state index contributed by atoms with van der Waals surface area (Å²) >= 11 is 0. The van der Waals surface area contributed by atoms with Crippen LogP contribution >= 0.6 is 0 Å². The Labute approximate surface area is 177 Å². The maximum atomic E-state index is 13.0. The predicted molar refractivity (Wildman–Crippen MR) is 121 cm³/mol. The normalized spacial score (nSPS) is 13.0. The van der Waals surface area contributed by atoms with Crippen molar-refractivity contribution in [1.82, 2.24) is 0 Å². The van der Waals surface area contributed by atoms with Crippen LogP contribution in [0.2, 0.25) is 0 Å². The first-order chi connectivity index (χ1) is 14.4. The fourth-order valence-electron chi connectivity index (χ4n) is 4.25. The molecular weight excluding hydrogens is 372 g/mol. The molecule has 1 N–H and O–H groups in total. The predicted octanol–water partition coefficient (Wildman–Crippen LogP) is 5.46. The van der Waals surface area contributed by atoms with Gasteiger partial charge in [0.15, 0.2) is 0 Å². The van der Waals surface area contributed by atoms with Gasteiger partial charge < -0.3 is 10.2 Å². The van der Waals surface area contributed by atoms with Gasteiger partial charge in [-0.25, -0.2) is 0 Å². The second-order valence-corrected chi connectivity index (χ2v) is 8.00. The second kappa shape index (κ2) is 8.15. The van der Waals surface area contributed by atoms with Gasteiger partial charge in [-0.3, -0.25) is 9.59 Å². The van der Waals surface area contributed by atoms with Crippen molar-refractivity contribution in [2.24, 2.45) is 0 Å². The van der Waals surface area contributed by atoms with Crippen molar-refractivity contribution >= 4 is 23.2 Å². The van der Waals surface area contributed by atoms with Crippen molar-refractivity contribution in [2.45, 2.75) is 33.6 Å². The lowest BCUT2D eigenvalue weighted by Gasteiger charge is -2.30. The molecule has 1 aliphatic heterocycles. The van der Waals surface area contributed by atoms with Crippen molar-refractivity contribution in [3.05, 3.63) is 94.0 Å². The van der Waals surface area contributed by atoms with Crippen LogP contribution in [0.3, 0.4) is 0 Å². The first-order valence-corrected chi connectivity index (χ1v) is 10.3. The van der Waals surface area contributed by atoms with Crippen LogP contribution in [-0.2, 0) is 6.42 Å². The molecule has 3 aromatic rings. The summed E-state index contributed by atoms with van der Waals surface area (Å²) < 4.78 is 0. The lowest BCUT2D eigenvalue weighted by atomic mass is 9.97. The highest BCUT2D eigenvalue weighted by Gasteiger charge is 2.24. The van der Waals surface area contributed by atoms with Crippen LogP contribution < -0.4 is 10.2 Å². The molecule has 30 heavy (non-hydrogen) atoms. The molecule has 0 saturated heterocycles. The molecule has 4 heteroatoms. The Morgan fingerprint density at radius 2 is 1.57 bits per heavy atom. The first kappa shape index (κ1) is 19.9. The fraction of sp³-hybridized carbons (Fsp3) is 0.231. The number of hydrogen-bond donors (Lipinski definition) is 1. The monoisotopic (exact) mass is 398 g/mol. The van der Waals surface area contributed by atoms with Crippen LogP contribution in [0.4, 0.5) is 11.4 Å². The summed E-state index contributed by atoms with van der Waals surface area (Å²) in [5.41, 5.74) is 7.38. The minimum absolute atomic E-state index is 0.000318. The lowest BCUT2D eigenvalue weighted by Crippen LogP contribution is -2.35. The van der Waals surface area contributed by atoms with Crippen LogP contribution in [0.5, 0.6) is 0 Å². The Morgan fingerprint density at radius 1 is 0.867 bits per heavy atom. The Hall–Kier alpha value is -3.40. The van der Waals surface area contributed by atoms with Crippen LogP contribution in [0.25, 0.3) is 0 Å². The van der Waals surface area contributed by atoms with E-state index in [2.05, 4.69) is 24.4 Å². The number of hydrogen-bond acceptors (Lipinski definition) is 2. The standard InChI is InChI=1S/C26H26N2O2/c1-17-14-18(2)24(19(3)15-17)27-25(29)22-11-12-23-21(16-22)10-7-13-28(23)26(30)20-8-5-4-6-9-20/h4-6,8-9,11-12,14-16H,7,10,13H2,1-3H3,(H,27,29). The maximum Gasteiger partial charge on any atom is 0.258 e. The number of anilines is 2. The van der Waals surface area contributed by atoms with E-state index in [1.165, 1.54) is 5.56 Å². The van der Waals surface area contributed by atoms with Gasteiger partial charge in [0.25, 0.3) is 11.8 Å². The second-order valence-electron chi connectivity index (χ2n) is 8.00. The summed E-state index contributed by atoms with van der Waals surface area (Å²) in [6.07, 6.45) is 1.74. The van der Waals surface area contributed by atoms with E-state index in [4.69, 9.17) is 0 Å². The van der Waals surface area contributed by atoms with Gasteiger partial charge in [0.2, 0.25) is 0 Å². The molecule has 3 aromatic carbocycles. The molecule has 0 unspecified atom stereocenters. The summed E-state index contributed by atoms with van der Waals surface area (Å²) in [4.78, 5) is 27.7. The number of benzene rings is 3. The van der Waals surface area contributed by atoms with E-state index in [1.807, 2.05) is 67.3 Å². The molecule has 1 aliphatic rings. The minimum Gasteiger partial charge on any atom is -0.322 e. The molecule has 1 heterocycles. The van der Waals surface area contributed by atoms with E-state index in [9.17, 15) is 9.59 Å². The number of carbonyl (C=O) groups is 2. The van der Waals surface area contributed by atoms with Crippen molar-refractivity contribution in [3.8, 4) is 0 Å². The Morgan fingerprint density at radius 3 is 2.27 bits per heavy atom. The fourth-order valence-corrected chi connectivity index (χ4v) is 4.25. The van der Waals surface area contributed by atoms with E-state index in [1.54, 1.807) is 0 Å². The molecular formula is C26H26N2O2. The van der Waals surface area contributed by atoms with Crippen LogP contribution in [0.1, 0.15) is 49.4 Å². The number of fused-ring (bicyclic) bond motifs is 1.